The highest BCUT2D eigenvalue weighted by Gasteiger charge is 2.25. The number of hydrogen-bond acceptors (Lipinski definition) is 2. The zero-order chi connectivity index (χ0) is 9.26. The maximum Gasteiger partial charge on any atom is 0.0477 e. The van der Waals surface area contributed by atoms with Gasteiger partial charge in [0.05, 0.1) is 0 Å². The third-order valence-electron chi connectivity index (χ3n) is 2.94. The molecule has 70 valence electrons. The van der Waals surface area contributed by atoms with E-state index in [0.29, 0.717) is 0 Å². The van der Waals surface area contributed by atoms with Crippen LogP contribution in [-0.2, 0) is 6.42 Å². The summed E-state index contributed by atoms with van der Waals surface area (Å²) in [5.41, 5.74) is 8.60. The first-order chi connectivity index (χ1) is 6.33. The Bertz CT molecular complexity index is 298. The lowest BCUT2D eigenvalue weighted by atomic mass is 9.81. The number of rotatable bonds is 1. The number of fused-ring (bicyclic) bond motifs is 1. The van der Waals surface area contributed by atoms with Crippen LogP contribution in [-0.4, -0.2) is 11.7 Å². The summed E-state index contributed by atoms with van der Waals surface area (Å²) in [5, 5.41) is 9.11. The summed E-state index contributed by atoms with van der Waals surface area (Å²) in [6.07, 6.45) is 2.06. The second-order valence-electron chi connectivity index (χ2n) is 3.71. The van der Waals surface area contributed by atoms with Crippen molar-refractivity contribution in [2.75, 3.05) is 6.61 Å². The molecule has 2 rings (SSSR count). The first-order valence-electron chi connectivity index (χ1n) is 4.77. The van der Waals surface area contributed by atoms with Crippen molar-refractivity contribution in [3.8, 4) is 0 Å². The topological polar surface area (TPSA) is 46.2 Å². The third-order valence-corrected chi connectivity index (χ3v) is 2.94. The van der Waals surface area contributed by atoms with Crippen molar-refractivity contribution in [1.29, 1.82) is 0 Å². The van der Waals surface area contributed by atoms with Gasteiger partial charge in [0.15, 0.2) is 0 Å². The third kappa shape index (κ3) is 1.47. The standard InChI is InChI=1S/C11H15NO/c12-11-9(7-13)6-5-8-3-1-2-4-10(8)11/h1-4,9,11,13H,5-7,12H2/t9-,11-/m1/s1. The molecule has 1 aromatic rings. The zero-order valence-corrected chi connectivity index (χ0v) is 7.61. The molecule has 13 heavy (non-hydrogen) atoms. The Balaban J connectivity index is 2.33. The molecule has 3 N–H and O–H groups in total. The van der Waals surface area contributed by atoms with Crippen molar-refractivity contribution >= 4 is 0 Å². The second kappa shape index (κ2) is 3.48. The Morgan fingerprint density at radius 1 is 1.38 bits per heavy atom. The molecule has 0 amide bonds. The molecule has 0 aromatic heterocycles. The molecular formula is C11H15NO. The van der Waals surface area contributed by atoms with Gasteiger partial charge in [0, 0.05) is 18.6 Å². The van der Waals surface area contributed by atoms with Gasteiger partial charge in [-0.15, -0.1) is 0 Å². The molecule has 0 radical (unpaired) electrons. The normalized spacial score (nSPS) is 26.9. The summed E-state index contributed by atoms with van der Waals surface area (Å²) in [4.78, 5) is 0. The Morgan fingerprint density at radius 2 is 2.15 bits per heavy atom. The van der Waals surface area contributed by atoms with Gasteiger partial charge in [-0.1, -0.05) is 24.3 Å². The van der Waals surface area contributed by atoms with Gasteiger partial charge in [-0.2, -0.15) is 0 Å². The zero-order valence-electron chi connectivity index (χ0n) is 7.61. The van der Waals surface area contributed by atoms with Crippen molar-refractivity contribution in [3.63, 3.8) is 0 Å². The van der Waals surface area contributed by atoms with Crippen molar-refractivity contribution < 1.29 is 5.11 Å². The van der Waals surface area contributed by atoms with Crippen LogP contribution in [0.1, 0.15) is 23.6 Å². The van der Waals surface area contributed by atoms with E-state index in [1.807, 2.05) is 12.1 Å². The molecule has 0 heterocycles. The maximum atomic E-state index is 9.11. The van der Waals surface area contributed by atoms with Gasteiger partial charge in [-0.3, -0.25) is 0 Å². The minimum absolute atomic E-state index is 0.0231. The molecule has 1 aromatic carbocycles. The van der Waals surface area contributed by atoms with E-state index in [1.165, 1.54) is 11.1 Å². The average molecular weight is 177 g/mol. The Kier molecular flexibility index (Phi) is 2.34. The minimum atomic E-state index is 0.0231. The van der Waals surface area contributed by atoms with Gasteiger partial charge in [0.2, 0.25) is 0 Å². The largest absolute Gasteiger partial charge is 0.396 e. The van der Waals surface area contributed by atoms with Gasteiger partial charge in [0.1, 0.15) is 0 Å². The van der Waals surface area contributed by atoms with Crippen molar-refractivity contribution in [2.45, 2.75) is 18.9 Å². The average Bonchev–Trinajstić information content (AvgIpc) is 2.19. The Labute approximate surface area is 78.4 Å². The first-order valence-corrected chi connectivity index (χ1v) is 4.77. The number of aryl methyl sites for hydroxylation is 1. The Morgan fingerprint density at radius 3 is 2.92 bits per heavy atom. The predicted octanol–water partition coefficient (Wildman–Crippen LogP) is 1.24. The molecule has 0 saturated carbocycles. The molecule has 0 spiro atoms. The van der Waals surface area contributed by atoms with Gasteiger partial charge in [-0.25, -0.2) is 0 Å². The van der Waals surface area contributed by atoms with E-state index in [2.05, 4.69) is 12.1 Å². The molecule has 0 aliphatic heterocycles. The SMILES string of the molecule is N[C@H]1c2ccccc2CC[C@@H]1CO. The molecular weight excluding hydrogens is 162 g/mol. The summed E-state index contributed by atoms with van der Waals surface area (Å²) in [5.74, 6) is 0.245. The first kappa shape index (κ1) is 8.73. The maximum absolute atomic E-state index is 9.11. The van der Waals surface area contributed by atoms with Gasteiger partial charge >= 0.3 is 0 Å². The van der Waals surface area contributed by atoms with E-state index in [-0.39, 0.29) is 18.6 Å². The van der Waals surface area contributed by atoms with E-state index in [9.17, 15) is 0 Å². The summed E-state index contributed by atoms with van der Waals surface area (Å²) < 4.78 is 0. The molecule has 1 aliphatic carbocycles. The highest BCUT2D eigenvalue weighted by molar-refractivity contribution is 5.32. The second-order valence-corrected chi connectivity index (χ2v) is 3.71. The molecule has 2 heteroatoms. The van der Waals surface area contributed by atoms with Crippen LogP contribution in [0.15, 0.2) is 24.3 Å². The summed E-state index contributed by atoms with van der Waals surface area (Å²) in [6.45, 7) is 0.204. The molecule has 1 aliphatic rings. The fourth-order valence-electron chi connectivity index (χ4n) is 2.07. The van der Waals surface area contributed by atoms with Crippen LogP contribution in [0.3, 0.4) is 0 Å². The van der Waals surface area contributed by atoms with E-state index in [1.54, 1.807) is 0 Å². The molecule has 2 atom stereocenters. The summed E-state index contributed by atoms with van der Waals surface area (Å²) in [6, 6.07) is 8.28. The fraction of sp³-hybridized carbons (Fsp3) is 0.455. The minimum Gasteiger partial charge on any atom is -0.396 e. The van der Waals surface area contributed by atoms with Crippen molar-refractivity contribution in [3.05, 3.63) is 35.4 Å². The Hall–Kier alpha value is -0.860. The van der Waals surface area contributed by atoms with Crippen LogP contribution in [0.4, 0.5) is 0 Å². The number of aliphatic hydroxyl groups is 1. The van der Waals surface area contributed by atoms with E-state index in [4.69, 9.17) is 10.8 Å². The van der Waals surface area contributed by atoms with E-state index in [0.717, 1.165) is 12.8 Å². The van der Waals surface area contributed by atoms with Crippen LogP contribution >= 0.6 is 0 Å². The van der Waals surface area contributed by atoms with Crippen molar-refractivity contribution in [1.82, 2.24) is 0 Å². The fourth-order valence-corrected chi connectivity index (χ4v) is 2.07. The van der Waals surface area contributed by atoms with Gasteiger partial charge in [-0.05, 0) is 24.0 Å². The highest BCUT2D eigenvalue weighted by Crippen LogP contribution is 2.31. The molecule has 0 bridgehead atoms. The lowest BCUT2D eigenvalue weighted by Gasteiger charge is -2.29. The number of benzene rings is 1. The lowest BCUT2D eigenvalue weighted by molar-refractivity contribution is 0.190. The van der Waals surface area contributed by atoms with E-state index < -0.39 is 0 Å². The monoisotopic (exact) mass is 177 g/mol. The predicted molar refractivity (Wildman–Crippen MR) is 52.3 cm³/mol. The molecule has 0 unspecified atom stereocenters. The van der Waals surface area contributed by atoms with Crippen LogP contribution in [0.25, 0.3) is 0 Å². The highest BCUT2D eigenvalue weighted by atomic mass is 16.3. The van der Waals surface area contributed by atoms with Crippen LogP contribution in [0.2, 0.25) is 0 Å². The number of nitrogens with two attached hydrogens (primary N) is 1. The molecule has 2 nitrogen and oxygen atoms in total. The van der Waals surface area contributed by atoms with Gasteiger partial charge < -0.3 is 10.8 Å². The quantitative estimate of drug-likeness (QED) is 0.678. The van der Waals surface area contributed by atoms with E-state index >= 15 is 0 Å². The number of aliphatic hydroxyl groups excluding tert-OH is 1. The smallest absolute Gasteiger partial charge is 0.0477 e. The summed E-state index contributed by atoms with van der Waals surface area (Å²) >= 11 is 0. The summed E-state index contributed by atoms with van der Waals surface area (Å²) in [7, 11) is 0. The van der Waals surface area contributed by atoms with Crippen LogP contribution < -0.4 is 5.73 Å². The van der Waals surface area contributed by atoms with Crippen molar-refractivity contribution in [2.24, 2.45) is 11.7 Å². The van der Waals surface area contributed by atoms with Crippen LogP contribution in [0.5, 0.6) is 0 Å². The molecule has 0 fully saturated rings. The number of hydrogen-bond donors (Lipinski definition) is 2. The van der Waals surface area contributed by atoms with Gasteiger partial charge in [0.25, 0.3) is 0 Å². The molecule has 0 saturated heterocycles. The lowest BCUT2D eigenvalue weighted by Crippen LogP contribution is -2.29. The van der Waals surface area contributed by atoms with Crippen LogP contribution in [0, 0.1) is 5.92 Å².